The minimum absolute atomic E-state index is 0.0429. The molecule has 3 rings (SSSR count). The van der Waals surface area contributed by atoms with Crippen molar-refractivity contribution in [3.05, 3.63) is 64.2 Å². The van der Waals surface area contributed by atoms with Crippen molar-refractivity contribution < 1.29 is 9.72 Å². The molecular weight excluding hydrogens is 358 g/mol. The zero-order valence-corrected chi connectivity index (χ0v) is 15.0. The van der Waals surface area contributed by atoms with Gasteiger partial charge in [-0.2, -0.15) is 0 Å². The molecular formula is C17H15N3O3S2. The van der Waals surface area contributed by atoms with Crippen molar-refractivity contribution >= 4 is 44.9 Å². The molecule has 2 aromatic carbocycles. The molecule has 1 atom stereocenters. The topological polar surface area (TPSA) is 85.1 Å². The highest BCUT2D eigenvalue weighted by molar-refractivity contribution is 8.02. The maximum atomic E-state index is 12.2. The van der Waals surface area contributed by atoms with E-state index in [0.717, 1.165) is 14.6 Å². The SMILES string of the molecule is C[C@@H](Sc1nc2ccc([N+](=O)[O-])cc2s1)C(=O)NCc1ccccc1. The van der Waals surface area contributed by atoms with Crippen LogP contribution in [0.25, 0.3) is 10.2 Å². The molecule has 128 valence electrons. The first-order valence-corrected chi connectivity index (χ1v) is 9.26. The number of benzene rings is 2. The van der Waals surface area contributed by atoms with E-state index >= 15 is 0 Å². The number of nitrogens with one attached hydrogen (secondary N) is 1. The van der Waals surface area contributed by atoms with Crippen LogP contribution in [-0.4, -0.2) is 21.1 Å². The molecule has 1 heterocycles. The number of nitro benzene ring substituents is 1. The molecule has 0 saturated carbocycles. The number of thiazole rings is 1. The second-order valence-electron chi connectivity index (χ2n) is 5.35. The molecule has 0 saturated heterocycles. The Hall–Kier alpha value is -2.45. The van der Waals surface area contributed by atoms with E-state index in [1.807, 2.05) is 37.3 Å². The molecule has 0 aliphatic carbocycles. The van der Waals surface area contributed by atoms with E-state index in [2.05, 4.69) is 10.3 Å². The van der Waals surface area contributed by atoms with Gasteiger partial charge >= 0.3 is 0 Å². The number of thioether (sulfide) groups is 1. The fraction of sp³-hybridized carbons (Fsp3) is 0.176. The van der Waals surface area contributed by atoms with Gasteiger partial charge in [-0.05, 0) is 18.6 Å². The van der Waals surface area contributed by atoms with Crippen molar-refractivity contribution in [3.63, 3.8) is 0 Å². The van der Waals surface area contributed by atoms with Gasteiger partial charge in [-0.25, -0.2) is 4.98 Å². The highest BCUT2D eigenvalue weighted by Gasteiger charge is 2.17. The molecule has 0 unspecified atom stereocenters. The number of hydrogen-bond acceptors (Lipinski definition) is 6. The highest BCUT2D eigenvalue weighted by Crippen LogP contribution is 2.33. The number of carbonyl (C=O) groups is 1. The molecule has 0 radical (unpaired) electrons. The van der Waals surface area contributed by atoms with Crippen LogP contribution in [-0.2, 0) is 11.3 Å². The van der Waals surface area contributed by atoms with Crippen molar-refractivity contribution in [1.29, 1.82) is 0 Å². The first kappa shape index (κ1) is 17.4. The summed E-state index contributed by atoms with van der Waals surface area (Å²) < 4.78 is 1.46. The van der Waals surface area contributed by atoms with E-state index in [-0.39, 0.29) is 16.8 Å². The Labute approximate surface area is 152 Å². The van der Waals surface area contributed by atoms with Crippen LogP contribution in [0.15, 0.2) is 52.9 Å². The monoisotopic (exact) mass is 373 g/mol. The fourth-order valence-electron chi connectivity index (χ4n) is 2.19. The van der Waals surface area contributed by atoms with Gasteiger partial charge in [-0.15, -0.1) is 11.3 Å². The van der Waals surface area contributed by atoms with Crippen molar-refractivity contribution in [2.24, 2.45) is 0 Å². The van der Waals surface area contributed by atoms with Crippen LogP contribution in [0.3, 0.4) is 0 Å². The third kappa shape index (κ3) is 4.34. The standard InChI is InChI=1S/C17H15N3O3S2/c1-11(16(21)18-10-12-5-3-2-4-6-12)24-17-19-14-8-7-13(20(22)23)9-15(14)25-17/h2-9,11H,10H2,1H3,(H,18,21)/t11-/m1/s1. The molecule has 0 bridgehead atoms. The maximum absolute atomic E-state index is 12.2. The summed E-state index contributed by atoms with van der Waals surface area (Å²) in [6, 6.07) is 14.3. The van der Waals surface area contributed by atoms with E-state index in [9.17, 15) is 14.9 Å². The summed E-state index contributed by atoms with van der Waals surface area (Å²) in [5.74, 6) is -0.0703. The fourth-order valence-corrected chi connectivity index (χ4v) is 4.46. The van der Waals surface area contributed by atoms with E-state index in [1.54, 1.807) is 6.07 Å². The van der Waals surface area contributed by atoms with Crippen LogP contribution in [0.2, 0.25) is 0 Å². The largest absolute Gasteiger partial charge is 0.351 e. The number of aromatic nitrogens is 1. The summed E-state index contributed by atoms with van der Waals surface area (Å²) >= 11 is 2.71. The van der Waals surface area contributed by atoms with Gasteiger partial charge in [0.1, 0.15) is 0 Å². The quantitative estimate of drug-likeness (QED) is 0.401. The number of fused-ring (bicyclic) bond motifs is 1. The lowest BCUT2D eigenvalue weighted by Crippen LogP contribution is -2.30. The molecule has 0 aliphatic rings. The number of nitro groups is 1. The van der Waals surface area contributed by atoms with Crippen molar-refractivity contribution in [2.75, 3.05) is 0 Å². The molecule has 3 aromatic rings. The van der Waals surface area contributed by atoms with E-state index < -0.39 is 4.92 Å². The Balaban J connectivity index is 1.63. The van der Waals surface area contributed by atoms with Gasteiger partial charge in [-0.1, -0.05) is 42.1 Å². The highest BCUT2D eigenvalue weighted by atomic mass is 32.2. The smallest absolute Gasteiger partial charge is 0.270 e. The Morgan fingerprint density at radius 1 is 1.32 bits per heavy atom. The summed E-state index contributed by atoms with van der Waals surface area (Å²) in [5, 5.41) is 13.4. The van der Waals surface area contributed by atoms with Crippen LogP contribution in [0.4, 0.5) is 5.69 Å². The minimum Gasteiger partial charge on any atom is -0.351 e. The van der Waals surface area contributed by atoms with Crippen LogP contribution in [0.1, 0.15) is 12.5 Å². The summed E-state index contributed by atoms with van der Waals surface area (Å²) in [5.41, 5.74) is 1.79. The first-order chi connectivity index (χ1) is 12.0. The summed E-state index contributed by atoms with van der Waals surface area (Å²) in [7, 11) is 0. The van der Waals surface area contributed by atoms with Gasteiger partial charge in [-0.3, -0.25) is 14.9 Å². The lowest BCUT2D eigenvalue weighted by atomic mass is 10.2. The van der Waals surface area contributed by atoms with E-state index in [1.165, 1.54) is 35.2 Å². The van der Waals surface area contributed by atoms with Gasteiger partial charge in [0.05, 0.1) is 20.4 Å². The average Bonchev–Trinajstić information content (AvgIpc) is 3.01. The summed E-state index contributed by atoms with van der Waals surface area (Å²) in [4.78, 5) is 27.1. The van der Waals surface area contributed by atoms with Crippen molar-refractivity contribution in [1.82, 2.24) is 10.3 Å². The second kappa shape index (κ2) is 7.62. The lowest BCUT2D eigenvalue weighted by Gasteiger charge is -2.10. The molecule has 0 aliphatic heterocycles. The third-order valence-corrected chi connectivity index (χ3v) is 5.73. The van der Waals surface area contributed by atoms with Crippen LogP contribution in [0, 0.1) is 10.1 Å². The molecule has 1 amide bonds. The van der Waals surface area contributed by atoms with Gasteiger partial charge in [0.15, 0.2) is 4.34 Å². The zero-order valence-electron chi connectivity index (χ0n) is 13.3. The summed E-state index contributed by atoms with van der Waals surface area (Å²) in [6.45, 7) is 2.30. The molecule has 1 aromatic heterocycles. The Bertz CT molecular complexity index is 912. The van der Waals surface area contributed by atoms with Gasteiger partial charge in [0.2, 0.25) is 5.91 Å². The molecule has 6 nitrogen and oxygen atoms in total. The number of carbonyl (C=O) groups excluding carboxylic acids is 1. The molecule has 1 N–H and O–H groups in total. The Morgan fingerprint density at radius 2 is 2.08 bits per heavy atom. The molecule has 0 fully saturated rings. The van der Waals surface area contributed by atoms with Crippen LogP contribution < -0.4 is 5.32 Å². The van der Waals surface area contributed by atoms with Gasteiger partial charge in [0, 0.05) is 18.7 Å². The lowest BCUT2D eigenvalue weighted by molar-refractivity contribution is -0.384. The normalized spacial score (nSPS) is 12.0. The third-order valence-electron chi connectivity index (χ3n) is 3.52. The minimum atomic E-state index is -0.425. The average molecular weight is 373 g/mol. The summed E-state index contributed by atoms with van der Waals surface area (Å²) in [6.07, 6.45) is 0. The number of amides is 1. The number of non-ortho nitro benzene ring substituents is 1. The maximum Gasteiger partial charge on any atom is 0.270 e. The van der Waals surface area contributed by atoms with Gasteiger partial charge in [0.25, 0.3) is 5.69 Å². The number of rotatable bonds is 6. The molecule has 8 heteroatoms. The first-order valence-electron chi connectivity index (χ1n) is 7.56. The predicted octanol–water partition coefficient (Wildman–Crippen LogP) is 4.00. The van der Waals surface area contributed by atoms with E-state index in [0.29, 0.717) is 12.1 Å². The second-order valence-corrected chi connectivity index (χ2v) is 7.97. The van der Waals surface area contributed by atoms with Crippen molar-refractivity contribution in [2.45, 2.75) is 23.1 Å². The Morgan fingerprint density at radius 3 is 2.80 bits per heavy atom. The number of hydrogen-bond donors (Lipinski definition) is 1. The Kier molecular flexibility index (Phi) is 5.30. The molecule has 25 heavy (non-hydrogen) atoms. The van der Waals surface area contributed by atoms with Crippen LogP contribution >= 0.6 is 23.1 Å². The zero-order chi connectivity index (χ0) is 17.8. The van der Waals surface area contributed by atoms with Crippen LogP contribution in [0.5, 0.6) is 0 Å². The van der Waals surface area contributed by atoms with E-state index in [4.69, 9.17) is 0 Å². The van der Waals surface area contributed by atoms with Crippen molar-refractivity contribution in [3.8, 4) is 0 Å². The molecule has 0 spiro atoms. The van der Waals surface area contributed by atoms with Gasteiger partial charge < -0.3 is 5.32 Å². The predicted molar refractivity (Wildman–Crippen MR) is 99.9 cm³/mol. The number of nitrogens with zero attached hydrogens (tertiary/aromatic N) is 2.